The Balaban J connectivity index is 1.89. The molecule has 2 bridgehead atoms. The highest BCUT2D eigenvalue weighted by molar-refractivity contribution is 5.71. The molecule has 4 nitrogen and oxygen atoms in total. The van der Waals surface area contributed by atoms with E-state index in [-0.39, 0.29) is 6.03 Å². The molecule has 4 N–H and O–H groups in total. The summed E-state index contributed by atoms with van der Waals surface area (Å²) in [5.74, 6) is 0. The molecule has 68 valence electrons. The van der Waals surface area contributed by atoms with E-state index in [1.807, 2.05) is 0 Å². The Morgan fingerprint density at radius 3 is 2.42 bits per heavy atom. The smallest absolute Gasteiger partial charge is 0.312 e. The van der Waals surface area contributed by atoms with Crippen LogP contribution in [0.1, 0.15) is 25.7 Å². The quantitative estimate of drug-likeness (QED) is 0.514. The Hall–Kier alpha value is -0.770. The number of nitrogens with one attached hydrogen (secondary N) is 2. The van der Waals surface area contributed by atoms with Gasteiger partial charge in [-0.1, -0.05) is 0 Å². The molecule has 0 spiro atoms. The molecule has 0 aromatic heterocycles. The zero-order chi connectivity index (χ0) is 8.55. The van der Waals surface area contributed by atoms with Crippen molar-refractivity contribution in [3.63, 3.8) is 0 Å². The first-order chi connectivity index (χ1) is 5.74. The van der Waals surface area contributed by atoms with Crippen LogP contribution in [0.2, 0.25) is 0 Å². The summed E-state index contributed by atoms with van der Waals surface area (Å²) in [6, 6.07) is 1.14. The molecular weight excluding hydrogens is 154 g/mol. The SMILES string of the molecule is NC(=O)NC1CC2CC[C@H](C1)N2. The molecule has 3 atom stereocenters. The number of hydrogen-bond donors (Lipinski definition) is 3. The van der Waals surface area contributed by atoms with Crippen LogP contribution in [-0.4, -0.2) is 24.2 Å². The molecule has 0 saturated carbocycles. The van der Waals surface area contributed by atoms with Gasteiger partial charge in [0.05, 0.1) is 0 Å². The van der Waals surface area contributed by atoms with Gasteiger partial charge in [-0.05, 0) is 25.7 Å². The van der Waals surface area contributed by atoms with E-state index in [0.29, 0.717) is 18.1 Å². The largest absolute Gasteiger partial charge is 0.352 e. The number of rotatable bonds is 1. The number of urea groups is 1. The van der Waals surface area contributed by atoms with Crippen LogP contribution in [0, 0.1) is 0 Å². The van der Waals surface area contributed by atoms with Gasteiger partial charge in [0.2, 0.25) is 0 Å². The maximum atomic E-state index is 10.6. The molecule has 2 fully saturated rings. The molecule has 12 heavy (non-hydrogen) atoms. The number of primary amides is 1. The standard InChI is InChI=1S/C8H15N3O/c9-8(12)11-7-3-5-1-2-6(4-7)10-5/h5-7,10H,1-4H2,(H3,9,11,12)/t5-,6?,7?/m1/s1. The predicted octanol–water partition coefficient (Wildman–Crippen LogP) is -0.0623. The molecule has 0 aromatic rings. The number of nitrogens with two attached hydrogens (primary N) is 1. The minimum atomic E-state index is -0.388. The fourth-order valence-corrected chi connectivity index (χ4v) is 2.38. The van der Waals surface area contributed by atoms with Gasteiger partial charge in [0, 0.05) is 18.1 Å². The van der Waals surface area contributed by atoms with Gasteiger partial charge in [0.15, 0.2) is 0 Å². The lowest BCUT2D eigenvalue weighted by molar-refractivity contribution is 0.237. The molecule has 2 amide bonds. The number of carbonyl (C=O) groups is 1. The van der Waals surface area contributed by atoms with E-state index in [0.717, 1.165) is 12.8 Å². The van der Waals surface area contributed by atoms with E-state index >= 15 is 0 Å². The second-order valence-corrected chi connectivity index (χ2v) is 3.81. The van der Waals surface area contributed by atoms with E-state index < -0.39 is 0 Å². The fourth-order valence-electron chi connectivity index (χ4n) is 2.38. The van der Waals surface area contributed by atoms with Crippen molar-refractivity contribution < 1.29 is 4.79 Å². The van der Waals surface area contributed by atoms with Crippen LogP contribution >= 0.6 is 0 Å². The third-order valence-electron chi connectivity index (χ3n) is 2.82. The van der Waals surface area contributed by atoms with Crippen molar-refractivity contribution in [3.8, 4) is 0 Å². The van der Waals surface area contributed by atoms with Crippen LogP contribution < -0.4 is 16.4 Å². The molecule has 0 aliphatic carbocycles. The Bertz CT molecular complexity index is 183. The lowest BCUT2D eigenvalue weighted by Crippen LogP contribution is -2.49. The molecule has 0 aromatic carbocycles. The topological polar surface area (TPSA) is 67.2 Å². The van der Waals surface area contributed by atoms with E-state index in [9.17, 15) is 4.79 Å². The number of carbonyl (C=O) groups excluding carboxylic acids is 1. The average Bonchev–Trinajstić information content (AvgIpc) is 2.29. The molecule has 2 rings (SSSR count). The Morgan fingerprint density at radius 1 is 1.33 bits per heavy atom. The van der Waals surface area contributed by atoms with Crippen molar-refractivity contribution in [3.05, 3.63) is 0 Å². The monoisotopic (exact) mass is 169 g/mol. The van der Waals surface area contributed by atoms with Gasteiger partial charge in [0.1, 0.15) is 0 Å². The maximum absolute atomic E-state index is 10.6. The summed E-state index contributed by atoms with van der Waals surface area (Å²) in [5, 5.41) is 6.28. The van der Waals surface area contributed by atoms with Crippen LogP contribution in [0.25, 0.3) is 0 Å². The summed E-state index contributed by atoms with van der Waals surface area (Å²) in [7, 11) is 0. The predicted molar refractivity (Wildman–Crippen MR) is 45.7 cm³/mol. The van der Waals surface area contributed by atoms with Crippen molar-refractivity contribution >= 4 is 6.03 Å². The second kappa shape index (κ2) is 2.94. The van der Waals surface area contributed by atoms with E-state index in [4.69, 9.17) is 5.73 Å². The van der Waals surface area contributed by atoms with Gasteiger partial charge in [-0.15, -0.1) is 0 Å². The minimum absolute atomic E-state index is 0.307. The zero-order valence-electron chi connectivity index (χ0n) is 7.05. The second-order valence-electron chi connectivity index (χ2n) is 3.81. The highest BCUT2D eigenvalue weighted by atomic mass is 16.2. The van der Waals surface area contributed by atoms with Gasteiger partial charge in [-0.25, -0.2) is 4.79 Å². The summed E-state index contributed by atoms with van der Waals surface area (Å²) in [5.41, 5.74) is 5.06. The van der Waals surface area contributed by atoms with Crippen molar-refractivity contribution in [1.82, 2.24) is 10.6 Å². The van der Waals surface area contributed by atoms with Crippen molar-refractivity contribution in [2.24, 2.45) is 5.73 Å². The number of hydrogen-bond acceptors (Lipinski definition) is 2. The zero-order valence-corrected chi connectivity index (χ0v) is 7.05. The average molecular weight is 169 g/mol. The molecule has 2 aliphatic heterocycles. The summed E-state index contributed by atoms with van der Waals surface area (Å²) in [6.45, 7) is 0. The molecule has 2 aliphatic rings. The van der Waals surface area contributed by atoms with Crippen LogP contribution in [0.4, 0.5) is 4.79 Å². The summed E-state index contributed by atoms with van der Waals surface area (Å²) >= 11 is 0. The summed E-state index contributed by atoms with van der Waals surface area (Å²) < 4.78 is 0. The number of amides is 2. The Morgan fingerprint density at radius 2 is 1.92 bits per heavy atom. The van der Waals surface area contributed by atoms with E-state index in [1.54, 1.807) is 0 Å². The van der Waals surface area contributed by atoms with Gasteiger partial charge in [-0.2, -0.15) is 0 Å². The van der Waals surface area contributed by atoms with Gasteiger partial charge < -0.3 is 16.4 Å². The normalized spacial score (nSPS) is 39.5. The Labute approximate surface area is 71.9 Å². The molecule has 2 saturated heterocycles. The van der Waals surface area contributed by atoms with Crippen molar-refractivity contribution in [2.75, 3.05) is 0 Å². The minimum Gasteiger partial charge on any atom is -0.352 e. The third kappa shape index (κ3) is 1.53. The van der Waals surface area contributed by atoms with Gasteiger partial charge in [-0.3, -0.25) is 0 Å². The van der Waals surface area contributed by atoms with Crippen LogP contribution in [0.15, 0.2) is 0 Å². The highest BCUT2D eigenvalue weighted by Gasteiger charge is 2.33. The number of fused-ring (bicyclic) bond motifs is 2. The van der Waals surface area contributed by atoms with Crippen LogP contribution in [-0.2, 0) is 0 Å². The van der Waals surface area contributed by atoms with Gasteiger partial charge in [0.25, 0.3) is 0 Å². The fraction of sp³-hybridized carbons (Fsp3) is 0.875. The maximum Gasteiger partial charge on any atom is 0.312 e. The molecule has 2 heterocycles. The molecule has 4 heteroatoms. The number of piperidine rings is 1. The third-order valence-corrected chi connectivity index (χ3v) is 2.82. The van der Waals surface area contributed by atoms with Crippen molar-refractivity contribution in [1.29, 1.82) is 0 Å². The lowest BCUT2D eigenvalue weighted by Gasteiger charge is -2.28. The summed E-state index contributed by atoms with van der Waals surface area (Å²) in [6.07, 6.45) is 4.59. The summed E-state index contributed by atoms with van der Waals surface area (Å²) in [4.78, 5) is 10.6. The Kier molecular flexibility index (Phi) is 1.92. The van der Waals surface area contributed by atoms with Gasteiger partial charge >= 0.3 is 6.03 Å². The highest BCUT2D eigenvalue weighted by Crippen LogP contribution is 2.26. The molecule has 2 unspecified atom stereocenters. The van der Waals surface area contributed by atoms with E-state index in [1.165, 1.54) is 12.8 Å². The lowest BCUT2D eigenvalue weighted by atomic mass is 10.0. The molecule has 0 radical (unpaired) electrons. The molecular formula is C8H15N3O. The van der Waals surface area contributed by atoms with Crippen molar-refractivity contribution in [2.45, 2.75) is 43.8 Å². The van der Waals surface area contributed by atoms with Crippen LogP contribution in [0.3, 0.4) is 0 Å². The first-order valence-electron chi connectivity index (χ1n) is 4.56. The first kappa shape index (κ1) is 7.86. The van der Waals surface area contributed by atoms with Crippen LogP contribution in [0.5, 0.6) is 0 Å². The first-order valence-corrected chi connectivity index (χ1v) is 4.56. The van der Waals surface area contributed by atoms with E-state index in [2.05, 4.69) is 10.6 Å².